The van der Waals surface area contributed by atoms with Gasteiger partial charge in [0.05, 0.1) is 5.02 Å². The van der Waals surface area contributed by atoms with Crippen molar-refractivity contribution in [2.24, 2.45) is 0 Å². The molecule has 6 heteroatoms. The van der Waals surface area contributed by atoms with Gasteiger partial charge in [-0.1, -0.05) is 35.3 Å². The lowest BCUT2D eigenvalue weighted by Gasteiger charge is -2.09. The molecule has 110 valence electrons. The van der Waals surface area contributed by atoms with Crippen LogP contribution in [0.25, 0.3) is 0 Å². The third kappa shape index (κ3) is 4.34. The van der Waals surface area contributed by atoms with Crippen LogP contribution in [0.2, 0.25) is 10.0 Å². The van der Waals surface area contributed by atoms with Crippen LogP contribution >= 0.6 is 23.2 Å². The highest BCUT2D eigenvalue weighted by Gasteiger charge is 2.12. The molecule has 21 heavy (non-hydrogen) atoms. The van der Waals surface area contributed by atoms with Crippen LogP contribution in [0.15, 0.2) is 36.4 Å². The summed E-state index contributed by atoms with van der Waals surface area (Å²) in [6.07, 6.45) is 0. The molecular weight excluding hydrogens is 309 g/mol. The molecule has 0 atom stereocenters. The predicted molar refractivity (Wildman–Crippen MR) is 86.0 cm³/mol. The quantitative estimate of drug-likeness (QED) is 0.881. The van der Waals surface area contributed by atoms with Crippen molar-refractivity contribution >= 4 is 34.9 Å². The number of pyridine rings is 1. The van der Waals surface area contributed by atoms with Crippen molar-refractivity contribution in [3.05, 3.63) is 57.7 Å². The minimum Gasteiger partial charge on any atom is -0.370 e. The molecule has 0 radical (unpaired) electrons. The van der Waals surface area contributed by atoms with Crippen LogP contribution in [0.1, 0.15) is 23.0 Å². The Labute approximate surface area is 133 Å². The van der Waals surface area contributed by atoms with Crippen molar-refractivity contribution in [3.8, 4) is 0 Å². The fourth-order valence-electron chi connectivity index (χ4n) is 1.75. The first-order valence-corrected chi connectivity index (χ1v) is 7.29. The molecule has 1 aromatic heterocycles. The molecule has 2 N–H and O–H groups in total. The number of carbonyl (C=O) groups is 1. The van der Waals surface area contributed by atoms with E-state index >= 15 is 0 Å². The summed E-state index contributed by atoms with van der Waals surface area (Å²) in [5, 5.41) is 6.82. The Kier molecular flexibility index (Phi) is 5.42. The van der Waals surface area contributed by atoms with Crippen molar-refractivity contribution in [2.75, 3.05) is 11.9 Å². The van der Waals surface area contributed by atoms with Gasteiger partial charge in [-0.2, -0.15) is 0 Å². The van der Waals surface area contributed by atoms with E-state index in [1.165, 1.54) is 0 Å². The van der Waals surface area contributed by atoms with Gasteiger partial charge < -0.3 is 10.6 Å². The lowest BCUT2D eigenvalue weighted by atomic mass is 10.2. The van der Waals surface area contributed by atoms with E-state index in [4.69, 9.17) is 23.2 Å². The first-order chi connectivity index (χ1) is 10.1. The molecule has 1 heterocycles. The summed E-state index contributed by atoms with van der Waals surface area (Å²) >= 11 is 11.8. The molecule has 0 fully saturated rings. The summed E-state index contributed by atoms with van der Waals surface area (Å²) in [4.78, 5) is 16.4. The number of hydrogen-bond donors (Lipinski definition) is 2. The SMILES string of the molecule is CCNc1ccc(Cl)c(C(=O)NCc2ccc(Cl)cc2)n1. The minimum absolute atomic E-state index is 0.212. The molecule has 4 nitrogen and oxygen atoms in total. The van der Waals surface area contributed by atoms with Crippen LogP contribution in [-0.2, 0) is 6.54 Å². The highest BCUT2D eigenvalue weighted by molar-refractivity contribution is 6.33. The molecule has 2 rings (SSSR count). The average molecular weight is 324 g/mol. The Morgan fingerprint density at radius 3 is 2.52 bits per heavy atom. The van der Waals surface area contributed by atoms with Gasteiger partial charge in [0, 0.05) is 18.1 Å². The molecule has 0 aliphatic carbocycles. The lowest BCUT2D eigenvalue weighted by molar-refractivity contribution is 0.0946. The van der Waals surface area contributed by atoms with Crippen molar-refractivity contribution in [1.29, 1.82) is 0 Å². The third-order valence-corrected chi connectivity index (χ3v) is 3.34. The van der Waals surface area contributed by atoms with Gasteiger partial charge >= 0.3 is 0 Å². The number of amides is 1. The largest absolute Gasteiger partial charge is 0.370 e. The zero-order valence-corrected chi connectivity index (χ0v) is 13.0. The smallest absolute Gasteiger partial charge is 0.271 e. The van der Waals surface area contributed by atoms with E-state index in [0.717, 1.165) is 12.1 Å². The van der Waals surface area contributed by atoms with Gasteiger partial charge in [0.15, 0.2) is 0 Å². The summed E-state index contributed by atoms with van der Waals surface area (Å²) in [5.74, 6) is 0.313. The van der Waals surface area contributed by atoms with Crippen molar-refractivity contribution in [1.82, 2.24) is 10.3 Å². The van der Waals surface area contributed by atoms with E-state index in [1.807, 2.05) is 19.1 Å². The first kappa shape index (κ1) is 15.6. The topological polar surface area (TPSA) is 54.0 Å². The number of hydrogen-bond acceptors (Lipinski definition) is 3. The summed E-state index contributed by atoms with van der Waals surface area (Å²) in [6, 6.07) is 10.7. The minimum atomic E-state index is -0.310. The second-order valence-corrected chi connectivity index (χ2v) is 5.21. The highest BCUT2D eigenvalue weighted by atomic mass is 35.5. The van der Waals surface area contributed by atoms with Crippen LogP contribution in [0.4, 0.5) is 5.82 Å². The van der Waals surface area contributed by atoms with Crippen LogP contribution in [0, 0.1) is 0 Å². The van der Waals surface area contributed by atoms with Gasteiger partial charge in [0.25, 0.3) is 5.91 Å². The molecule has 0 unspecified atom stereocenters. The molecule has 1 aromatic carbocycles. The maximum atomic E-state index is 12.2. The van der Waals surface area contributed by atoms with Crippen molar-refractivity contribution < 1.29 is 4.79 Å². The number of nitrogens with zero attached hydrogens (tertiary/aromatic N) is 1. The van der Waals surface area contributed by atoms with Gasteiger partial charge in [-0.15, -0.1) is 0 Å². The van der Waals surface area contributed by atoms with E-state index in [2.05, 4.69) is 15.6 Å². The van der Waals surface area contributed by atoms with Crippen LogP contribution in [0.3, 0.4) is 0 Å². The lowest BCUT2D eigenvalue weighted by Crippen LogP contribution is -2.24. The number of rotatable bonds is 5. The number of benzene rings is 1. The molecule has 0 aliphatic rings. The van der Waals surface area contributed by atoms with Gasteiger partial charge in [-0.25, -0.2) is 4.98 Å². The maximum Gasteiger partial charge on any atom is 0.271 e. The standard InChI is InChI=1S/C15H15Cl2N3O/c1-2-18-13-8-7-12(17)14(20-13)15(21)19-9-10-3-5-11(16)6-4-10/h3-8H,2,9H2,1H3,(H,18,20)(H,19,21). The zero-order chi connectivity index (χ0) is 15.2. The number of nitrogens with one attached hydrogen (secondary N) is 2. The fraction of sp³-hybridized carbons (Fsp3) is 0.200. The summed E-state index contributed by atoms with van der Waals surface area (Å²) in [7, 11) is 0. The number of halogens is 2. The molecule has 0 bridgehead atoms. The Hall–Kier alpha value is -1.78. The molecule has 2 aromatic rings. The number of anilines is 1. The second kappa shape index (κ2) is 7.29. The van der Waals surface area contributed by atoms with Gasteiger partial charge in [0.1, 0.15) is 11.5 Å². The van der Waals surface area contributed by atoms with Crippen LogP contribution < -0.4 is 10.6 Å². The van der Waals surface area contributed by atoms with E-state index in [1.54, 1.807) is 24.3 Å². The fourth-order valence-corrected chi connectivity index (χ4v) is 2.07. The summed E-state index contributed by atoms with van der Waals surface area (Å²) in [6.45, 7) is 3.07. The molecule has 0 saturated heterocycles. The number of carbonyl (C=O) groups excluding carboxylic acids is 1. The van der Waals surface area contributed by atoms with Crippen LogP contribution in [0.5, 0.6) is 0 Å². The van der Waals surface area contributed by atoms with Gasteiger partial charge in [-0.3, -0.25) is 4.79 Å². The Morgan fingerprint density at radius 1 is 1.14 bits per heavy atom. The maximum absolute atomic E-state index is 12.2. The zero-order valence-electron chi connectivity index (χ0n) is 11.5. The molecule has 0 saturated carbocycles. The predicted octanol–water partition coefficient (Wildman–Crippen LogP) is 3.75. The molecule has 1 amide bonds. The number of aromatic nitrogens is 1. The molecular formula is C15H15Cl2N3O. The monoisotopic (exact) mass is 323 g/mol. The van der Waals surface area contributed by atoms with Gasteiger partial charge in [0.2, 0.25) is 0 Å². The molecule has 0 aliphatic heterocycles. The van der Waals surface area contributed by atoms with E-state index in [0.29, 0.717) is 22.4 Å². The van der Waals surface area contributed by atoms with E-state index in [9.17, 15) is 4.79 Å². The summed E-state index contributed by atoms with van der Waals surface area (Å²) in [5.41, 5.74) is 1.16. The van der Waals surface area contributed by atoms with Crippen molar-refractivity contribution in [3.63, 3.8) is 0 Å². The van der Waals surface area contributed by atoms with E-state index in [-0.39, 0.29) is 11.6 Å². The second-order valence-electron chi connectivity index (χ2n) is 4.37. The Bertz CT molecular complexity index is 629. The normalized spacial score (nSPS) is 10.2. The summed E-state index contributed by atoms with van der Waals surface area (Å²) < 4.78 is 0. The van der Waals surface area contributed by atoms with Crippen LogP contribution in [-0.4, -0.2) is 17.4 Å². The van der Waals surface area contributed by atoms with Gasteiger partial charge in [-0.05, 0) is 36.8 Å². The average Bonchev–Trinajstić information content (AvgIpc) is 2.48. The Balaban J connectivity index is 2.05. The van der Waals surface area contributed by atoms with E-state index < -0.39 is 0 Å². The highest BCUT2D eigenvalue weighted by Crippen LogP contribution is 2.17. The third-order valence-electron chi connectivity index (χ3n) is 2.79. The first-order valence-electron chi connectivity index (χ1n) is 6.53. The Morgan fingerprint density at radius 2 is 1.86 bits per heavy atom. The van der Waals surface area contributed by atoms with Crippen molar-refractivity contribution in [2.45, 2.75) is 13.5 Å². The molecule has 0 spiro atoms.